The number of fused-ring (bicyclic) bond motifs is 1. The third-order valence-electron chi connectivity index (χ3n) is 7.87. The Hall–Kier alpha value is -2.47. The van der Waals surface area contributed by atoms with E-state index in [0.29, 0.717) is 11.2 Å². The van der Waals surface area contributed by atoms with Crippen LogP contribution in [0, 0.1) is 11.3 Å². The quantitative estimate of drug-likeness (QED) is 0.192. The van der Waals surface area contributed by atoms with Crippen molar-refractivity contribution >= 4 is 17.0 Å². The summed E-state index contributed by atoms with van der Waals surface area (Å²) in [4.78, 5) is 14.5. The smallest absolute Gasteiger partial charge is 0.300 e. The number of rotatable bonds is 10. The highest BCUT2D eigenvalue weighted by molar-refractivity contribution is 5.81. The maximum absolute atomic E-state index is 5.65. The summed E-state index contributed by atoms with van der Waals surface area (Å²) in [6.07, 6.45) is 17.9. The predicted octanol–water partition coefficient (Wildman–Crippen LogP) is 7.83. The Morgan fingerprint density at radius 3 is 2.64 bits per heavy atom. The molecule has 2 atom stereocenters. The number of aryl methyl sites for hydroxylation is 1. The fourth-order valence-electron chi connectivity index (χ4n) is 4.98. The topological polar surface area (TPSA) is 57.9 Å². The first kappa shape index (κ1) is 28.1. The second-order valence-corrected chi connectivity index (χ2v) is 12.0. The zero-order chi connectivity index (χ0) is 26.5. The molecular formula is C30H47N5O. The Morgan fingerprint density at radius 1 is 1.22 bits per heavy atom. The van der Waals surface area contributed by atoms with Gasteiger partial charge in [-0.25, -0.2) is 4.57 Å². The number of hydrogen-bond acceptors (Lipinski definition) is 3. The number of allylic oxidation sites excluding steroid dienone is 6. The Morgan fingerprint density at radius 2 is 1.94 bits per heavy atom. The molecule has 0 spiro atoms. The third kappa shape index (κ3) is 7.06. The van der Waals surface area contributed by atoms with Crippen LogP contribution in [0.2, 0.25) is 0 Å². The van der Waals surface area contributed by atoms with Gasteiger partial charge in [0, 0.05) is 5.82 Å². The Labute approximate surface area is 218 Å². The normalized spacial score (nSPS) is 21.7. The van der Waals surface area contributed by atoms with E-state index in [-0.39, 0.29) is 5.60 Å². The van der Waals surface area contributed by atoms with E-state index in [4.69, 9.17) is 4.84 Å². The van der Waals surface area contributed by atoms with Gasteiger partial charge in [-0.3, -0.25) is 4.57 Å². The van der Waals surface area contributed by atoms with Crippen molar-refractivity contribution in [1.82, 2.24) is 14.5 Å². The van der Waals surface area contributed by atoms with Gasteiger partial charge in [0.25, 0.3) is 0 Å². The Balaban J connectivity index is 1.59. The van der Waals surface area contributed by atoms with Gasteiger partial charge in [0.05, 0.1) is 25.5 Å². The molecule has 0 saturated heterocycles. The second kappa shape index (κ2) is 11.7. The minimum absolute atomic E-state index is 0.353. The molecule has 0 bridgehead atoms. The fraction of sp³-hybridized carbons (Fsp3) is 0.633. The summed E-state index contributed by atoms with van der Waals surface area (Å²) in [6, 6.07) is 0. The number of nitrogens with zero attached hydrogens (tertiary/aromatic N) is 5. The van der Waals surface area contributed by atoms with Gasteiger partial charge in [-0.05, 0) is 91.4 Å². The van der Waals surface area contributed by atoms with Gasteiger partial charge in [0.1, 0.15) is 0 Å². The Bertz CT molecular complexity index is 1130. The maximum atomic E-state index is 5.65. The zero-order valence-corrected chi connectivity index (χ0v) is 24.1. The molecule has 1 aliphatic carbocycles. The number of hydrogen-bond donors (Lipinski definition) is 0. The summed E-state index contributed by atoms with van der Waals surface area (Å²) in [5.74, 6) is 1.33. The lowest BCUT2D eigenvalue weighted by Gasteiger charge is -2.40. The predicted molar refractivity (Wildman–Crippen MR) is 149 cm³/mol. The molecule has 2 heterocycles. The molecule has 2 aromatic heterocycles. The standard InChI is InChI=1S/C30H47N5O/c1-22(16-18-30(8)24(3)14-11-15-25(30)4)12-10-13-23(2)17-19-35-21-34(9)28-26(35)27(31-20-32-28)33-36-29(5,6)7/h12,14,17,20-21,25H,10-11,13,15-16,18-19H2,1-9H3/b22-12+,23-17+/t25-,30-/m1/s1. The highest BCUT2D eigenvalue weighted by Crippen LogP contribution is 2.45. The van der Waals surface area contributed by atoms with Crippen molar-refractivity contribution in [2.75, 3.05) is 0 Å². The molecule has 2 aromatic rings. The number of imidazole rings is 1. The van der Waals surface area contributed by atoms with Gasteiger partial charge < -0.3 is 15.3 Å². The minimum atomic E-state index is -0.374. The van der Waals surface area contributed by atoms with Crippen molar-refractivity contribution in [3.63, 3.8) is 0 Å². The second-order valence-electron chi connectivity index (χ2n) is 12.0. The van der Waals surface area contributed by atoms with Crippen LogP contribution in [-0.4, -0.2) is 20.1 Å². The molecule has 1 aliphatic rings. The van der Waals surface area contributed by atoms with E-state index in [1.165, 1.54) is 36.8 Å². The molecule has 0 unspecified atom stereocenters. The molecule has 0 aromatic carbocycles. The fourth-order valence-corrected chi connectivity index (χ4v) is 4.98. The summed E-state index contributed by atoms with van der Waals surface area (Å²) in [7, 11) is 2.00. The monoisotopic (exact) mass is 493 g/mol. The van der Waals surface area contributed by atoms with Crippen LogP contribution in [0.1, 0.15) is 93.9 Å². The molecule has 3 rings (SSSR count). The first-order valence-electron chi connectivity index (χ1n) is 13.5. The first-order chi connectivity index (χ1) is 16.9. The van der Waals surface area contributed by atoms with Crippen LogP contribution in [0.5, 0.6) is 0 Å². The third-order valence-corrected chi connectivity index (χ3v) is 7.87. The van der Waals surface area contributed by atoms with Crippen LogP contribution in [0.4, 0.5) is 5.82 Å². The summed E-state index contributed by atoms with van der Waals surface area (Å²) >= 11 is 0. The van der Waals surface area contributed by atoms with Crippen molar-refractivity contribution in [2.24, 2.45) is 18.4 Å². The van der Waals surface area contributed by atoms with Gasteiger partial charge in [-0.2, -0.15) is 0 Å². The van der Waals surface area contributed by atoms with Gasteiger partial charge in [-0.15, -0.1) is 4.98 Å². The molecule has 6 nitrogen and oxygen atoms in total. The zero-order valence-electron chi connectivity index (χ0n) is 24.1. The SMILES string of the molecule is CC1=CCC[C@@H](C)[C@]1(C)CC/C(C)=C/CC/C(C)=C/Cn1c[n+](C)c2ncnc([N-]OC(C)(C)C)c21. The molecule has 36 heavy (non-hydrogen) atoms. The van der Waals surface area contributed by atoms with E-state index >= 15 is 0 Å². The first-order valence-corrected chi connectivity index (χ1v) is 13.5. The summed E-state index contributed by atoms with van der Waals surface area (Å²) in [6.45, 7) is 18.4. The summed E-state index contributed by atoms with van der Waals surface area (Å²) in [5, 5.41) is 0. The lowest BCUT2D eigenvalue weighted by Crippen LogP contribution is -2.29. The average molecular weight is 494 g/mol. The lowest BCUT2D eigenvalue weighted by molar-refractivity contribution is -0.647. The van der Waals surface area contributed by atoms with Gasteiger partial charge >= 0.3 is 5.65 Å². The molecule has 0 N–H and O–H groups in total. The summed E-state index contributed by atoms with van der Waals surface area (Å²) < 4.78 is 4.15. The largest absolute Gasteiger partial charge is 0.407 e. The molecule has 0 fully saturated rings. The molecule has 198 valence electrons. The highest BCUT2D eigenvalue weighted by atomic mass is 16.7. The molecular weight excluding hydrogens is 446 g/mol. The van der Waals surface area contributed by atoms with Crippen molar-refractivity contribution < 1.29 is 9.40 Å². The van der Waals surface area contributed by atoms with E-state index in [0.717, 1.165) is 36.5 Å². The maximum Gasteiger partial charge on any atom is 0.300 e. The lowest BCUT2D eigenvalue weighted by atomic mass is 9.65. The molecule has 0 saturated carbocycles. The van der Waals surface area contributed by atoms with Crippen LogP contribution < -0.4 is 4.57 Å². The molecule has 0 aliphatic heterocycles. The van der Waals surface area contributed by atoms with Gasteiger partial charge in [0.2, 0.25) is 0 Å². The van der Waals surface area contributed by atoms with Gasteiger partial charge in [-0.1, -0.05) is 48.8 Å². The Kier molecular flexibility index (Phi) is 9.15. The molecule has 6 heteroatoms. The van der Waals surface area contributed by atoms with E-state index in [9.17, 15) is 0 Å². The summed E-state index contributed by atoms with van der Waals surface area (Å²) in [5.41, 5.74) is 10.5. The molecule has 0 amide bonds. The van der Waals surface area contributed by atoms with Crippen LogP contribution in [0.3, 0.4) is 0 Å². The number of aromatic nitrogens is 4. The van der Waals surface area contributed by atoms with E-state index in [1.807, 2.05) is 38.7 Å². The van der Waals surface area contributed by atoms with Crippen LogP contribution in [0.25, 0.3) is 16.6 Å². The molecule has 0 radical (unpaired) electrons. The van der Waals surface area contributed by atoms with E-state index < -0.39 is 0 Å². The van der Waals surface area contributed by atoms with Crippen LogP contribution in [-0.2, 0) is 18.4 Å². The van der Waals surface area contributed by atoms with Crippen molar-refractivity contribution in [3.05, 3.63) is 53.1 Å². The van der Waals surface area contributed by atoms with Crippen molar-refractivity contribution in [1.29, 1.82) is 0 Å². The average Bonchev–Trinajstić information content (AvgIpc) is 3.14. The van der Waals surface area contributed by atoms with Crippen LogP contribution in [0.15, 0.2) is 47.6 Å². The van der Waals surface area contributed by atoms with Crippen molar-refractivity contribution in [3.8, 4) is 0 Å². The van der Waals surface area contributed by atoms with Crippen LogP contribution >= 0.6 is 0 Å². The van der Waals surface area contributed by atoms with Crippen molar-refractivity contribution in [2.45, 2.75) is 106 Å². The minimum Gasteiger partial charge on any atom is -0.407 e. The van der Waals surface area contributed by atoms with Gasteiger partial charge in [0.15, 0.2) is 11.8 Å². The van der Waals surface area contributed by atoms with E-state index in [1.54, 1.807) is 11.9 Å². The van der Waals surface area contributed by atoms with E-state index in [2.05, 4.69) is 72.9 Å². The highest BCUT2D eigenvalue weighted by Gasteiger charge is 2.34.